The third-order valence-electron chi connectivity index (χ3n) is 5.26. The number of halogens is 2. The minimum atomic E-state index is -0.194. The number of rotatable bonds is 9. The first-order valence-corrected chi connectivity index (χ1v) is 10.7. The summed E-state index contributed by atoms with van der Waals surface area (Å²) in [6.45, 7) is 9.59. The zero-order valence-electron chi connectivity index (χ0n) is 17.7. The average Bonchev–Trinajstić information content (AvgIpc) is 3.58. The van der Waals surface area contributed by atoms with E-state index in [2.05, 4.69) is 30.7 Å². The van der Waals surface area contributed by atoms with E-state index < -0.39 is 0 Å². The van der Waals surface area contributed by atoms with Crippen LogP contribution in [0.15, 0.2) is 29.3 Å². The number of hydrogen-bond acceptors (Lipinski definition) is 4. The third-order valence-corrected chi connectivity index (χ3v) is 5.26. The molecule has 30 heavy (non-hydrogen) atoms. The van der Waals surface area contributed by atoms with Gasteiger partial charge < -0.3 is 20.9 Å². The van der Waals surface area contributed by atoms with Gasteiger partial charge in [-0.2, -0.15) is 0 Å². The lowest BCUT2D eigenvalue weighted by molar-refractivity contribution is -0.122. The molecule has 3 N–H and O–H groups in total. The molecule has 9 heteroatoms. The molecule has 1 aromatic rings. The molecule has 0 spiro atoms. The van der Waals surface area contributed by atoms with Crippen LogP contribution in [0.1, 0.15) is 19.8 Å². The molecule has 0 radical (unpaired) electrons. The van der Waals surface area contributed by atoms with Crippen molar-refractivity contribution in [1.29, 1.82) is 0 Å². The highest BCUT2D eigenvalue weighted by Gasteiger charge is 2.28. The number of piperazine rings is 1. The molecule has 2 aliphatic rings. The number of aliphatic imine (C=N–C) groups is 1. The van der Waals surface area contributed by atoms with Gasteiger partial charge in [-0.3, -0.25) is 14.7 Å². The maximum absolute atomic E-state index is 13.1. The van der Waals surface area contributed by atoms with E-state index in [1.165, 1.54) is 12.1 Å². The quantitative estimate of drug-likeness (QED) is 0.195. The van der Waals surface area contributed by atoms with Crippen molar-refractivity contribution in [3.8, 4) is 0 Å². The normalized spacial score (nSPS) is 17.3. The third kappa shape index (κ3) is 8.25. The highest BCUT2D eigenvalue weighted by Crippen LogP contribution is 2.28. The molecule has 7 nitrogen and oxygen atoms in total. The van der Waals surface area contributed by atoms with Crippen LogP contribution in [0.2, 0.25) is 0 Å². The molecule has 0 bridgehead atoms. The van der Waals surface area contributed by atoms with Crippen molar-refractivity contribution in [2.75, 3.05) is 63.8 Å². The van der Waals surface area contributed by atoms with Crippen LogP contribution in [0, 0.1) is 11.7 Å². The Morgan fingerprint density at radius 3 is 2.37 bits per heavy atom. The van der Waals surface area contributed by atoms with E-state index in [0.29, 0.717) is 13.1 Å². The summed E-state index contributed by atoms with van der Waals surface area (Å²) in [5, 5.41) is 9.47. The first-order valence-electron chi connectivity index (χ1n) is 10.7. The summed E-state index contributed by atoms with van der Waals surface area (Å²) in [6, 6.07) is 6.72. The van der Waals surface area contributed by atoms with Gasteiger partial charge >= 0.3 is 0 Å². The summed E-state index contributed by atoms with van der Waals surface area (Å²) in [7, 11) is 0. The van der Waals surface area contributed by atoms with Crippen LogP contribution in [0.4, 0.5) is 10.1 Å². The van der Waals surface area contributed by atoms with E-state index in [-0.39, 0.29) is 41.6 Å². The van der Waals surface area contributed by atoms with E-state index in [1.54, 1.807) is 0 Å². The van der Waals surface area contributed by atoms with Crippen molar-refractivity contribution in [2.24, 2.45) is 10.9 Å². The molecule has 0 aromatic heterocycles. The Morgan fingerprint density at radius 2 is 1.73 bits per heavy atom. The SMILES string of the molecule is CCNC(=NCCN1CCN(c2ccc(F)cc2)CC1)NCCNC(=O)C1CC1.I. The van der Waals surface area contributed by atoms with Crippen LogP contribution < -0.4 is 20.9 Å². The molecular formula is C21H34FIN6O. The molecule has 1 aliphatic heterocycles. The summed E-state index contributed by atoms with van der Waals surface area (Å²) in [5.41, 5.74) is 1.08. The van der Waals surface area contributed by atoms with Crippen LogP contribution in [-0.4, -0.2) is 75.7 Å². The van der Waals surface area contributed by atoms with Crippen LogP contribution in [0.5, 0.6) is 0 Å². The molecule has 2 fully saturated rings. The lowest BCUT2D eigenvalue weighted by Gasteiger charge is -2.35. The molecule has 1 amide bonds. The van der Waals surface area contributed by atoms with E-state index in [1.807, 2.05) is 19.1 Å². The predicted molar refractivity (Wildman–Crippen MR) is 130 cm³/mol. The number of guanidine groups is 1. The van der Waals surface area contributed by atoms with Crippen LogP contribution >= 0.6 is 24.0 Å². The molecule has 0 unspecified atom stereocenters. The Balaban J connectivity index is 0.00000320. The van der Waals surface area contributed by atoms with Crippen molar-refractivity contribution < 1.29 is 9.18 Å². The van der Waals surface area contributed by atoms with E-state index in [4.69, 9.17) is 0 Å². The fourth-order valence-electron chi connectivity index (χ4n) is 3.38. The highest BCUT2D eigenvalue weighted by molar-refractivity contribution is 14.0. The summed E-state index contributed by atoms with van der Waals surface area (Å²) >= 11 is 0. The van der Waals surface area contributed by atoms with Crippen LogP contribution in [0.25, 0.3) is 0 Å². The lowest BCUT2D eigenvalue weighted by atomic mass is 10.2. The monoisotopic (exact) mass is 532 g/mol. The molecular weight excluding hydrogens is 498 g/mol. The Hall–Kier alpha value is -1.62. The fourth-order valence-corrected chi connectivity index (χ4v) is 3.38. The van der Waals surface area contributed by atoms with Gasteiger partial charge in [0.1, 0.15) is 5.82 Å². The van der Waals surface area contributed by atoms with Crippen molar-refractivity contribution >= 4 is 41.5 Å². The minimum absolute atomic E-state index is 0. The lowest BCUT2D eigenvalue weighted by Crippen LogP contribution is -2.47. The van der Waals surface area contributed by atoms with Crippen LogP contribution in [-0.2, 0) is 4.79 Å². The topological polar surface area (TPSA) is 72.0 Å². The van der Waals surface area contributed by atoms with Crippen molar-refractivity contribution in [2.45, 2.75) is 19.8 Å². The van der Waals surface area contributed by atoms with Gasteiger partial charge in [0.25, 0.3) is 0 Å². The van der Waals surface area contributed by atoms with Gasteiger partial charge in [0.05, 0.1) is 6.54 Å². The van der Waals surface area contributed by atoms with Gasteiger partial charge in [-0.1, -0.05) is 0 Å². The maximum atomic E-state index is 13.1. The predicted octanol–water partition coefficient (Wildman–Crippen LogP) is 1.65. The van der Waals surface area contributed by atoms with Gasteiger partial charge in [0.15, 0.2) is 5.96 Å². The smallest absolute Gasteiger partial charge is 0.223 e. The van der Waals surface area contributed by atoms with Gasteiger partial charge in [0.2, 0.25) is 5.91 Å². The molecule has 168 valence electrons. The number of carbonyl (C=O) groups excluding carboxylic acids is 1. The number of nitrogens with zero attached hydrogens (tertiary/aromatic N) is 3. The molecule has 0 atom stereocenters. The fraction of sp³-hybridized carbons (Fsp3) is 0.619. The average molecular weight is 532 g/mol. The van der Waals surface area contributed by atoms with Crippen molar-refractivity contribution in [3.05, 3.63) is 30.1 Å². The van der Waals surface area contributed by atoms with E-state index >= 15 is 0 Å². The number of carbonyl (C=O) groups is 1. The Kier molecular flexibility index (Phi) is 10.6. The molecule has 1 heterocycles. The standard InChI is InChI=1S/C21H33FN6O.HI/c1-2-23-21(25-10-9-24-20(29)17-3-4-17)26-11-12-27-13-15-28(16-14-27)19-7-5-18(22)6-8-19;/h5-8,17H,2-4,9-16H2,1H3,(H,24,29)(H2,23,25,26);1H. The van der Waals surface area contributed by atoms with Crippen LogP contribution in [0.3, 0.4) is 0 Å². The number of anilines is 1. The zero-order valence-corrected chi connectivity index (χ0v) is 20.0. The first-order chi connectivity index (χ1) is 14.2. The zero-order chi connectivity index (χ0) is 20.5. The Morgan fingerprint density at radius 1 is 1.07 bits per heavy atom. The summed E-state index contributed by atoms with van der Waals surface area (Å²) in [4.78, 5) is 21.0. The molecule has 3 rings (SSSR count). The Bertz CT molecular complexity index is 675. The minimum Gasteiger partial charge on any atom is -0.369 e. The molecule has 1 saturated heterocycles. The second-order valence-corrected chi connectivity index (χ2v) is 7.56. The number of benzene rings is 1. The summed E-state index contributed by atoms with van der Waals surface area (Å²) < 4.78 is 13.1. The van der Waals surface area contributed by atoms with E-state index in [0.717, 1.165) is 70.3 Å². The van der Waals surface area contributed by atoms with Crippen molar-refractivity contribution in [3.63, 3.8) is 0 Å². The van der Waals surface area contributed by atoms with Gasteiger partial charge in [-0.25, -0.2) is 4.39 Å². The van der Waals surface area contributed by atoms with E-state index in [9.17, 15) is 9.18 Å². The molecule has 1 saturated carbocycles. The van der Waals surface area contributed by atoms with Gasteiger partial charge in [-0.05, 0) is 44.0 Å². The summed E-state index contributed by atoms with van der Waals surface area (Å²) in [6.07, 6.45) is 2.06. The second kappa shape index (κ2) is 12.9. The summed E-state index contributed by atoms with van der Waals surface area (Å²) in [5.74, 6) is 1.02. The number of nitrogens with one attached hydrogen (secondary N) is 3. The van der Waals surface area contributed by atoms with Crippen molar-refractivity contribution in [1.82, 2.24) is 20.9 Å². The number of amides is 1. The molecule has 1 aliphatic carbocycles. The first kappa shape index (κ1) is 24.6. The highest BCUT2D eigenvalue weighted by atomic mass is 127. The Labute approximate surface area is 195 Å². The number of hydrogen-bond donors (Lipinski definition) is 3. The molecule has 1 aromatic carbocycles. The van der Waals surface area contributed by atoms with Gasteiger partial charge in [0, 0.05) is 64.0 Å². The largest absolute Gasteiger partial charge is 0.369 e. The maximum Gasteiger partial charge on any atom is 0.223 e. The second-order valence-electron chi connectivity index (χ2n) is 7.56. The van der Waals surface area contributed by atoms with Gasteiger partial charge in [-0.15, -0.1) is 24.0 Å².